The fourth-order valence-electron chi connectivity index (χ4n) is 2.32. The second-order valence-electron chi connectivity index (χ2n) is 5.60. The Morgan fingerprint density at radius 2 is 1.81 bits per heavy atom. The number of ether oxygens (including phenoxy) is 1. The predicted molar refractivity (Wildman–Crippen MR) is 83.5 cm³/mol. The second kappa shape index (κ2) is 4.81. The third kappa shape index (κ3) is 2.33. The van der Waals surface area contributed by atoms with Gasteiger partial charge in [-0.15, -0.1) is 0 Å². The van der Waals surface area contributed by atoms with Gasteiger partial charge in [0.15, 0.2) is 5.58 Å². The van der Waals surface area contributed by atoms with Gasteiger partial charge < -0.3 is 14.9 Å². The van der Waals surface area contributed by atoms with E-state index >= 15 is 0 Å². The highest BCUT2D eigenvalue weighted by Crippen LogP contribution is 2.34. The molecule has 0 saturated carbocycles. The van der Waals surface area contributed by atoms with E-state index in [9.17, 15) is 0 Å². The Hall–Kier alpha value is -2.49. The largest absolute Gasteiger partial charge is 0.497 e. The lowest BCUT2D eigenvalue weighted by Gasteiger charge is -2.21. The van der Waals surface area contributed by atoms with Gasteiger partial charge in [0.05, 0.1) is 12.5 Å². The van der Waals surface area contributed by atoms with Crippen molar-refractivity contribution in [1.82, 2.24) is 4.98 Å². The van der Waals surface area contributed by atoms with E-state index in [4.69, 9.17) is 14.9 Å². The summed E-state index contributed by atoms with van der Waals surface area (Å²) in [5.41, 5.74) is 8.83. The fraction of sp³-hybridized carbons (Fsp3) is 0.235. The molecule has 4 nitrogen and oxygen atoms in total. The molecule has 108 valence electrons. The van der Waals surface area contributed by atoms with E-state index < -0.39 is 0 Å². The summed E-state index contributed by atoms with van der Waals surface area (Å²) in [5, 5.41) is 0. The normalized spacial score (nSPS) is 11.8. The van der Waals surface area contributed by atoms with Crippen LogP contribution in [0.15, 0.2) is 46.9 Å². The van der Waals surface area contributed by atoms with Crippen LogP contribution in [0.2, 0.25) is 0 Å². The first-order valence-corrected chi connectivity index (χ1v) is 6.82. The zero-order chi connectivity index (χ0) is 15.0. The number of rotatable bonds is 3. The summed E-state index contributed by atoms with van der Waals surface area (Å²) in [4.78, 5) is 4.61. The van der Waals surface area contributed by atoms with E-state index in [0.717, 1.165) is 28.1 Å². The van der Waals surface area contributed by atoms with Crippen molar-refractivity contribution in [3.8, 4) is 5.75 Å². The van der Waals surface area contributed by atoms with E-state index in [-0.39, 0.29) is 5.41 Å². The lowest BCUT2D eigenvalue weighted by molar-refractivity contribution is 0.415. The van der Waals surface area contributed by atoms with Crippen molar-refractivity contribution in [2.45, 2.75) is 19.3 Å². The highest BCUT2D eigenvalue weighted by molar-refractivity contribution is 5.74. The van der Waals surface area contributed by atoms with Gasteiger partial charge in [-0.2, -0.15) is 0 Å². The Morgan fingerprint density at radius 3 is 2.48 bits per heavy atom. The van der Waals surface area contributed by atoms with Crippen molar-refractivity contribution in [3.05, 3.63) is 53.9 Å². The van der Waals surface area contributed by atoms with Crippen molar-refractivity contribution in [2.75, 3.05) is 12.8 Å². The fourth-order valence-corrected chi connectivity index (χ4v) is 2.32. The van der Waals surface area contributed by atoms with Gasteiger partial charge in [0.1, 0.15) is 11.3 Å². The first-order chi connectivity index (χ1) is 10.0. The SMILES string of the molecule is COc1ccc2oc(C(C)(C)c3ccc(N)cc3)nc2c1. The standard InChI is InChI=1S/C17H18N2O2/c1-17(2,11-4-6-12(18)7-5-11)16-19-14-10-13(20-3)8-9-15(14)21-16/h4-10H,18H2,1-3H3. The van der Waals surface area contributed by atoms with Gasteiger partial charge in [-0.25, -0.2) is 4.98 Å². The second-order valence-corrected chi connectivity index (χ2v) is 5.60. The number of nitrogen functional groups attached to an aromatic ring is 1. The summed E-state index contributed by atoms with van der Waals surface area (Å²) in [6, 6.07) is 13.4. The van der Waals surface area contributed by atoms with Crippen molar-refractivity contribution >= 4 is 16.8 Å². The minimum absolute atomic E-state index is 0.333. The Kier molecular flexibility index (Phi) is 3.09. The van der Waals surface area contributed by atoms with Crippen LogP contribution in [-0.4, -0.2) is 12.1 Å². The molecule has 1 heterocycles. The molecule has 21 heavy (non-hydrogen) atoms. The van der Waals surface area contributed by atoms with Crippen LogP contribution in [0.5, 0.6) is 5.75 Å². The molecule has 3 aromatic rings. The Balaban J connectivity index is 2.07. The number of hydrogen-bond acceptors (Lipinski definition) is 4. The molecule has 0 aliphatic carbocycles. The molecular formula is C17H18N2O2. The molecule has 2 aromatic carbocycles. The number of hydrogen-bond donors (Lipinski definition) is 1. The number of anilines is 1. The van der Waals surface area contributed by atoms with Crippen LogP contribution in [0.3, 0.4) is 0 Å². The van der Waals surface area contributed by atoms with Crippen LogP contribution in [-0.2, 0) is 5.41 Å². The summed E-state index contributed by atoms with van der Waals surface area (Å²) in [5.74, 6) is 1.45. The summed E-state index contributed by atoms with van der Waals surface area (Å²) >= 11 is 0. The van der Waals surface area contributed by atoms with Gasteiger partial charge in [0.2, 0.25) is 5.89 Å². The topological polar surface area (TPSA) is 61.3 Å². The van der Waals surface area contributed by atoms with Gasteiger partial charge in [-0.3, -0.25) is 0 Å². The number of methoxy groups -OCH3 is 1. The number of nitrogens with two attached hydrogens (primary N) is 1. The van der Waals surface area contributed by atoms with E-state index in [2.05, 4.69) is 18.8 Å². The average molecular weight is 282 g/mol. The molecule has 0 fully saturated rings. The minimum atomic E-state index is -0.333. The highest BCUT2D eigenvalue weighted by Gasteiger charge is 2.29. The zero-order valence-electron chi connectivity index (χ0n) is 12.4. The van der Waals surface area contributed by atoms with Crippen LogP contribution < -0.4 is 10.5 Å². The third-order valence-electron chi connectivity index (χ3n) is 3.76. The molecule has 1 aromatic heterocycles. The van der Waals surface area contributed by atoms with Gasteiger partial charge in [0, 0.05) is 11.8 Å². The van der Waals surface area contributed by atoms with Crippen molar-refractivity contribution in [1.29, 1.82) is 0 Å². The molecule has 0 atom stereocenters. The Labute approximate surface area is 123 Å². The van der Waals surface area contributed by atoms with Gasteiger partial charge >= 0.3 is 0 Å². The highest BCUT2D eigenvalue weighted by atomic mass is 16.5. The van der Waals surface area contributed by atoms with Crippen LogP contribution in [0.4, 0.5) is 5.69 Å². The van der Waals surface area contributed by atoms with Crippen LogP contribution in [0.1, 0.15) is 25.3 Å². The summed E-state index contributed by atoms with van der Waals surface area (Å²) < 4.78 is 11.1. The summed E-state index contributed by atoms with van der Waals surface area (Å²) in [6.07, 6.45) is 0. The molecule has 3 rings (SSSR count). The first-order valence-electron chi connectivity index (χ1n) is 6.82. The molecule has 0 aliphatic heterocycles. The maximum atomic E-state index is 5.92. The van der Waals surface area contributed by atoms with Gasteiger partial charge in [-0.1, -0.05) is 12.1 Å². The monoisotopic (exact) mass is 282 g/mol. The molecule has 0 amide bonds. The van der Waals surface area contributed by atoms with E-state index in [1.807, 2.05) is 42.5 Å². The average Bonchev–Trinajstić information content (AvgIpc) is 2.91. The molecular weight excluding hydrogens is 264 g/mol. The first kappa shape index (κ1) is 13.5. The van der Waals surface area contributed by atoms with Gasteiger partial charge in [0.25, 0.3) is 0 Å². The quantitative estimate of drug-likeness (QED) is 0.743. The predicted octanol–water partition coefficient (Wildman–Crippen LogP) is 3.74. The number of fused-ring (bicyclic) bond motifs is 1. The molecule has 0 saturated heterocycles. The molecule has 0 unspecified atom stereocenters. The summed E-state index contributed by atoms with van der Waals surface area (Å²) in [6.45, 7) is 4.17. The number of benzene rings is 2. The van der Waals surface area contributed by atoms with Crippen LogP contribution >= 0.6 is 0 Å². The van der Waals surface area contributed by atoms with E-state index in [1.54, 1.807) is 7.11 Å². The molecule has 0 bridgehead atoms. The number of oxazole rings is 1. The Bertz CT molecular complexity index is 773. The van der Waals surface area contributed by atoms with Crippen molar-refractivity contribution in [3.63, 3.8) is 0 Å². The lowest BCUT2D eigenvalue weighted by Crippen LogP contribution is -2.19. The number of nitrogens with zero attached hydrogens (tertiary/aromatic N) is 1. The van der Waals surface area contributed by atoms with E-state index in [0.29, 0.717) is 5.89 Å². The maximum Gasteiger partial charge on any atom is 0.205 e. The van der Waals surface area contributed by atoms with Crippen molar-refractivity contribution in [2.24, 2.45) is 0 Å². The van der Waals surface area contributed by atoms with Gasteiger partial charge in [-0.05, 0) is 43.7 Å². The smallest absolute Gasteiger partial charge is 0.205 e. The minimum Gasteiger partial charge on any atom is -0.497 e. The summed E-state index contributed by atoms with van der Waals surface area (Å²) in [7, 11) is 1.64. The third-order valence-corrected chi connectivity index (χ3v) is 3.76. The number of aromatic nitrogens is 1. The molecule has 2 N–H and O–H groups in total. The zero-order valence-corrected chi connectivity index (χ0v) is 12.4. The van der Waals surface area contributed by atoms with E-state index in [1.165, 1.54) is 0 Å². The van der Waals surface area contributed by atoms with Crippen LogP contribution in [0, 0.1) is 0 Å². The molecule has 0 spiro atoms. The lowest BCUT2D eigenvalue weighted by atomic mass is 9.84. The molecule has 0 aliphatic rings. The van der Waals surface area contributed by atoms with Crippen LogP contribution in [0.25, 0.3) is 11.1 Å². The van der Waals surface area contributed by atoms with Crippen molar-refractivity contribution < 1.29 is 9.15 Å². The Morgan fingerprint density at radius 1 is 1.10 bits per heavy atom. The maximum absolute atomic E-state index is 5.92. The molecule has 0 radical (unpaired) electrons. The molecule has 4 heteroatoms.